The van der Waals surface area contributed by atoms with Gasteiger partial charge in [-0.25, -0.2) is 9.97 Å². The van der Waals surface area contributed by atoms with Crippen molar-refractivity contribution >= 4 is 10.8 Å². The molecule has 0 saturated carbocycles. The van der Waals surface area contributed by atoms with Crippen molar-refractivity contribution in [1.82, 2.24) is 9.97 Å². The molecule has 1 aromatic heterocycles. The van der Waals surface area contributed by atoms with E-state index in [0.717, 1.165) is 45.0 Å². The van der Waals surface area contributed by atoms with Gasteiger partial charge in [-0.1, -0.05) is 172 Å². The van der Waals surface area contributed by atoms with E-state index >= 15 is 0 Å². The number of benzene rings is 7. The predicted octanol–water partition coefficient (Wildman–Crippen LogP) is 12.3. The minimum Gasteiger partial charge on any atom is -0.231 e. The fourth-order valence-corrected chi connectivity index (χ4v) is 7.48. The summed E-state index contributed by atoms with van der Waals surface area (Å²) >= 11 is 0. The zero-order valence-corrected chi connectivity index (χ0v) is 27.6. The van der Waals surface area contributed by atoms with Crippen LogP contribution in [0.5, 0.6) is 0 Å². The summed E-state index contributed by atoms with van der Waals surface area (Å²) in [5.74, 6) is 0.747. The summed E-state index contributed by atoms with van der Waals surface area (Å²) in [4.78, 5) is 10.8. The highest BCUT2D eigenvalue weighted by atomic mass is 14.9. The highest BCUT2D eigenvalue weighted by Crippen LogP contribution is 2.53. The van der Waals surface area contributed by atoms with Crippen LogP contribution in [0.4, 0.5) is 0 Å². The zero-order chi connectivity index (χ0) is 33.0. The Labute approximate surface area is 287 Å². The van der Waals surface area contributed by atoms with E-state index in [1.807, 2.05) is 0 Å². The van der Waals surface area contributed by atoms with Gasteiger partial charge in [0.15, 0.2) is 5.82 Å². The van der Waals surface area contributed by atoms with Gasteiger partial charge in [-0.15, -0.1) is 0 Å². The molecule has 1 heterocycles. The van der Waals surface area contributed by atoms with Gasteiger partial charge in [0.1, 0.15) is 0 Å². The lowest BCUT2D eigenvalue weighted by molar-refractivity contribution is 0.636. The third kappa shape index (κ3) is 4.96. The maximum absolute atomic E-state index is 5.41. The standard InChI is InChI=1S/C47H34N2/c1-47(2)41-28-27-34-15-9-10-22-40(34)42(41)43-44(35-16-7-4-8-17-35)48-46(49-45(43)47)39-21-12-20-38(30-39)37-19-11-18-36(29-37)33-25-23-32(24-26-33)31-13-5-3-6-14-31/h3-30H,1-2H3. The average Bonchev–Trinajstić information content (AvgIpc) is 3.41. The van der Waals surface area contributed by atoms with Gasteiger partial charge in [-0.2, -0.15) is 0 Å². The maximum Gasteiger partial charge on any atom is 0.160 e. The van der Waals surface area contributed by atoms with Gasteiger partial charge in [0.05, 0.1) is 11.4 Å². The number of rotatable bonds is 5. The summed E-state index contributed by atoms with van der Waals surface area (Å²) in [5.41, 5.74) is 14.7. The van der Waals surface area contributed by atoms with Crippen molar-refractivity contribution in [3.8, 4) is 67.2 Å². The summed E-state index contributed by atoms with van der Waals surface area (Å²) in [6.07, 6.45) is 0. The molecule has 1 aliphatic rings. The van der Waals surface area contributed by atoms with E-state index in [0.29, 0.717) is 0 Å². The minimum absolute atomic E-state index is 0.280. The first-order valence-electron chi connectivity index (χ1n) is 16.9. The zero-order valence-electron chi connectivity index (χ0n) is 27.6. The van der Waals surface area contributed by atoms with E-state index in [-0.39, 0.29) is 5.41 Å². The van der Waals surface area contributed by atoms with Crippen molar-refractivity contribution in [2.45, 2.75) is 19.3 Å². The lowest BCUT2D eigenvalue weighted by Crippen LogP contribution is -2.17. The molecule has 8 aromatic rings. The van der Waals surface area contributed by atoms with Crippen LogP contribution in [0.1, 0.15) is 25.1 Å². The molecule has 0 N–H and O–H groups in total. The molecule has 49 heavy (non-hydrogen) atoms. The second-order valence-corrected chi connectivity index (χ2v) is 13.4. The first-order valence-corrected chi connectivity index (χ1v) is 16.9. The molecule has 0 spiro atoms. The minimum atomic E-state index is -0.280. The van der Waals surface area contributed by atoms with Crippen LogP contribution in [-0.2, 0) is 5.41 Å². The number of aromatic nitrogens is 2. The molecule has 0 amide bonds. The summed E-state index contributed by atoms with van der Waals surface area (Å²) in [5, 5.41) is 2.48. The molecule has 7 aromatic carbocycles. The summed E-state index contributed by atoms with van der Waals surface area (Å²) < 4.78 is 0. The van der Waals surface area contributed by atoms with Gasteiger partial charge in [0.25, 0.3) is 0 Å². The van der Waals surface area contributed by atoms with E-state index in [1.54, 1.807) is 0 Å². The van der Waals surface area contributed by atoms with Gasteiger partial charge in [0.2, 0.25) is 0 Å². The SMILES string of the molecule is CC1(C)c2ccc3ccccc3c2-c2c(-c3ccccc3)nc(-c3cccc(-c4cccc(-c5ccc(-c6ccccc6)cc5)c4)c3)nc21. The average molecular weight is 627 g/mol. The molecule has 0 unspecified atom stereocenters. The monoisotopic (exact) mass is 626 g/mol. The maximum atomic E-state index is 5.41. The smallest absolute Gasteiger partial charge is 0.160 e. The quantitative estimate of drug-likeness (QED) is 0.190. The van der Waals surface area contributed by atoms with Crippen LogP contribution in [0.2, 0.25) is 0 Å². The summed E-state index contributed by atoms with van der Waals surface area (Å²) in [6.45, 7) is 4.60. The molecule has 2 heteroatoms. The number of nitrogens with zero attached hydrogens (tertiary/aromatic N) is 2. The van der Waals surface area contributed by atoms with Crippen molar-refractivity contribution in [3.05, 3.63) is 181 Å². The fourth-order valence-electron chi connectivity index (χ4n) is 7.48. The lowest BCUT2D eigenvalue weighted by Gasteiger charge is -2.21. The summed E-state index contributed by atoms with van der Waals surface area (Å²) in [6, 6.07) is 60.6. The Morgan fingerprint density at radius 2 is 0.898 bits per heavy atom. The van der Waals surface area contributed by atoms with E-state index in [9.17, 15) is 0 Å². The van der Waals surface area contributed by atoms with Crippen molar-refractivity contribution in [2.75, 3.05) is 0 Å². The van der Waals surface area contributed by atoms with Crippen LogP contribution in [-0.4, -0.2) is 9.97 Å². The Morgan fingerprint density at radius 3 is 1.59 bits per heavy atom. The molecule has 0 saturated heterocycles. The molecule has 1 aliphatic carbocycles. The molecular weight excluding hydrogens is 593 g/mol. The van der Waals surface area contributed by atoms with Gasteiger partial charge in [0, 0.05) is 22.1 Å². The molecule has 0 fully saturated rings. The van der Waals surface area contributed by atoms with E-state index in [2.05, 4.69) is 184 Å². The molecule has 0 atom stereocenters. The van der Waals surface area contributed by atoms with Crippen LogP contribution >= 0.6 is 0 Å². The van der Waals surface area contributed by atoms with Gasteiger partial charge >= 0.3 is 0 Å². The highest BCUT2D eigenvalue weighted by molar-refractivity contribution is 6.05. The van der Waals surface area contributed by atoms with Crippen molar-refractivity contribution < 1.29 is 0 Å². The third-order valence-electron chi connectivity index (χ3n) is 10.0. The van der Waals surface area contributed by atoms with Crippen LogP contribution < -0.4 is 0 Å². The predicted molar refractivity (Wildman–Crippen MR) is 204 cm³/mol. The molecule has 9 rings (SSSR count). The molecule has 0 aliphatic heterocycles. The Bertz CT molecular complexity index is 2490. The van der Waals surface area contributed by atoms with E-state index < -0.39 is 0 Å². The number of hydrogen-bond acceptors (Lipinski definition) is 2. The molecular formula is C47H34N2. The molecule has 2 nitrogen and oxygen atoms in total. The Hall–Kier alpha value is -6.12. The first kappa shape index (κ1) is 29.1. The van der Waals surface area contributed by atoms with Gasteiger partial charge < -0.3 is 0 Å². The number of hydrogen-bond donors (Lipinski definition) is 0. The molecule has 0 bridgehead atoms. The fraction of sp³-hybridized carbons (Fsp3) is 0.0638. The van der Waals surface area contributed by atoms with Crippen molar-refractivity contribution in [1.29, 1.82) is 0 Å². The topological polar surface area (TPSA) is 25.8 Å². The van der Waals surface area contributed by atoms with E-state index in [4.69, 9.17) is 9.97 Å². The summed E-state index contributed by atoms with van der Waals surface area (Å²) in [7, 11) is 0. The van der Waals surface area contributed by atoms with Gasteiger partial charge in [-0.05, 0) is 67.4 Å². The van der Waals surface area contributed by atoms with Crippen LogP contribution in [0, 0.1) is 0 Å². The van der Waals surface area contributed by atoms with Crippen LogP contribution in [0.15, 0.2) is 170 Å². The van der Waals surface area contributed by atoms with Crippen LogP contribution in [0.3, 0.4) is 0 Å². The largest absolute Gasteiger partial charge is 0.231 e. The molecule has 232 valence electrons. The van der Waals surface area contributed by atoms with Crippen molar-refractivity contribution in [3.63, 3.8) is 0 Å². The molecule has 0 radical (unpaired) electrons. The second kappa shape index (κ2) is 11.5. The van der Waals surface area contributed by atoms with Crippen LogP contribution in [0.25, 0.3) is 77.9 Å². The number of fused-ring (bicyclic) bond motifs is 5. The Kier molecular flexibility index (Phi) is 6.84. The second-order valence-electron chi connectivity index (χ2n) is 13.4. The third-order valence-corrected chi connectivity index (χ3v) is 10.0. The Morgan fingerprint density at radius 1 is 0.388 bits per heavy atom. The van der Waals surface area contributed by atoms with E-state index in [1.165, 1.54) is 44.2 Å². The first-order chi connectivity index (χ1) is 24.0. The van der Waals surface area contributed by atoms with Crippen molar-refractivity contribution in [2.24, 2.45) is 0 Å². The lowest BCUT2D eigenvalue weighted by atomic mass is 9.84. The Balaban J connectivity index is 1.15. The van der Waals surface area contributed by atoms with Gasteiger partial charge in [-0.3, -0.25) is 0 Å². The highest BCUT2D eigenvalue weighted by Gasteiger charge is 2.40. The normalized spacial score (nSPS) is 12.9.